The molecule has 0 spiro atoms. The number of H-pyrrole nitrogens is 1. The molecule has 0 aliphatic heterocycles. The Kier molecular flexibility index (Phi) is 3.83. The van der Waals surface area contributed by atoms with Gasteiger partial charge in [-0.2, -0.15) is 0 Å². The third kappa shape index (κ3) is 2.68. The number of aromatic nitrogens is 2. The number of methoxy groups -OCH3 is 1. The average Bonchev–Trinajstić information content (AvgIpc) is 2.54. The first kappa shape index (κ1) is 15.2. The molecule has 0 aliphatic rings. The number of hydrogen-bond acceptors (Lipinski definition) is 4. The summed E-state index contributed by atoms with van der Waals surface area (Å²) in [7, 11) is 1.30. The van der Waals surface area contributed by atoms with Gasteiger partial charge >= 0.3 is 5.97 Å². The van der Waals surface area contributed by atoms with Crippen molar-refractivity contribution in [2.45, 2.75) is 6.92 Å². The molecule has 1 aromatic heterocycles. The smallest absolute Gasteiger partial charge is 0.337 e. The molecule has 0 bridgehead atoms. The number of nitrogens with one attached hydrogen (secondary N) is 1. The van der Waals surface area contributed by atoms with Gasteiger partial charge < -0.3 is 9.72 Å². The molecular weight excluding hydrogens is 312 g/mol. The molecule has 0 unspecified atom stereocenters. The molecule has 0 amide bonds. The maximum absolute atomic E-state index is 12.8. The average molecular weight is 326 g/mol. The highest BCUT2D eigenvalue weighted by molar-refractivity contribution is 7.71. The summed E-state index contributed by atoms with van der Waals surface area (Å²) in [5.74, 6) is -0.490. The Morgan fingerprint density at radius 2 is 2.00 bits per heavy atom. The van der Waals surface area contributed by atoms with Crippen molar-refractivity contribution in [2.24, 2.45) is 0 Å². The van der Waals surface area contributed by atoms with Crippen LogP contribution in [0, 0.1) is 11.7 Å². The van der Waals surface area contributed by atoms with Crippen LogP contribution in [0.15, 0.2) is 47.3 Å². The summed E-state index contributed by atoms with van der Waals surface area (Å²) in [5.41, 5.74) is 2.32. The molecule has 116 valence electrons. The Balaban J connectivity index is 2.33. The predicted octanol–water partition coefficient (Wildman–Crippen LogP) is 3.14. The first-order valence-electron chi connectivity index (χ1n) is 6.95. The quantitative estimate of drug-likeness (QED) is 0.580. The van der Waals surface area contributed by atoms with Gasteiger partial charge in [0.2, 0.25) is 0 Å². The minimum Gasteiger partial charge on any atom is -0.465 e. The second kappa shape index (κ2) is 5.81. The van der Waals surface area contributed by atoms with Crippen LogP contribution in [0.4, 0.5) is 0 Å². The summed E-state index contributed by atoms with van der Waals surface area (Å²) in [6.45, 7) is 1.94. The van der Waals surface area contributed by atoms with Gasteiger partial charge in [-0.05, 0) is 55.0 Å². The summed E-state index contributed by atoms with van der Waals surface area (Å²) in [4.78, 5) is 27.5. The largest absolute Gasteiger partial charge is 0.465 e. The van der Waals surface area contributed by atoms with Gasteiger partial charge in [-0.25, -0.2) is 4.79 Å². The van der Waals surface area contributed by atoms with Crippen LogP contribution in [0.2, 0.25) is 0 Å². The van der Waals surface area contributed by atoms with E-state index in [0.717, 1.165) is 5.56 Å². The number of benzene rings is 2. The number of carbonyl (C=O) groups is 1. The van der Waals surface area contributed by atoms with Crippen LogP contribution in [0.25, 0.3) is 16.6 Å². The van der Waals surface area contributed by atoms with Crippen LogP contribution in [0.5, 0.6) is 0 Å². The monoisotopic (exact) mass is 326 g/mol. The zero-order valence-electron chi connectivity index (χ0n) is 12.6. The lowest BCUT2D eigenvalue weighted by Crippen LogP contribution is -2.21. The van der Waals surface area contributed by atoms with Crippen molar-refractivity contribution in [1.29, 1.82) is 0 Å². The van der Waals surface area contributed by atoms with Crippen molar-refractivity contribution < 1.29 is 9.53 Å². The van der Waals surface area contributed by atoms with E-state index in [1.807, 2.05) is 31.2 Å². The molecule has 0 atom stereocenters. The molecule has 0 radical (unpaired) electrons. The normalized spacial score (nSPS) is 10.7. The summed E-state index contributed by atoms with van der Waals surface area (Å²) in [5, 5.41) is 0.378. The molecule has 2 aromatic carbocycles. The predicted molar refractivity (Wildman–Crippen MR) is 90.8 cm³/mol. The zero-order chi connectivity index (χ0) is 16.6. The van der Waals surface area contributed by atoms with E-state index >= 15 is 0 Å². The Morgan fingerprint density at radius 3 is 2.70 bits per heavy atom. The lowest BCUT2D eigenvalue weighted by atomic mass is 10.1. The highest BCUT2D eigenvalue weighted by atomic mass is 32.1. The van der Waals surface area contributed by atoms with Gasteiger partial charge in [0.15, 0.2) is 4.77 Å². The van der Waals surface area contributed by atoms with Crippen molar-refractivity contribution in [3.8, 4) is 5.69 Å². The molecule has 3 aromatic rings. The molecular formula is C17H14N2O3S. The maximum Gasteiger partial charge on any atom is 0.337 e. The second-order valence-corrected chi connectivity index (χ2v) is 5.55. The number of hydrogen-bond donors (Lipinski definition) is 1. The summed E-state index contributed by atoms with van der Waals surface area (Å²) < 4.78 is 6.43. The zero-order valence-corrected chi connectivity index (χ0v) is 13.4. The van der Waals surface area contributed by atoms with E-state index in [1.165, 1.54) is 17.7 Å². The van der Waals surface area contributed by atoms with E-state index < -0.39 is 5.97 Å². The summed E-state index contributed by atoms with van der Waals surface area (Å²) in [6, 6.07) is 12.3. The first-order chi connectivity index (χ1) is 11.0. The topological polar surface area (TPSA) is 64.1 Å². The van der Waals surface area contributed by atoms with E-state index in [-0.39, 0.29) is 5.56 Å². The van der Waals surface area contributed by atoms with Crippen LogP contribution in [0.3, 0.4) is 0 Å². The Morgan fingerprint density at radius 1 is 1.22 bits per heavy atom. The van der Waals surface area contributed by atoms with E-state index in [0.29, 0.717) is 26.9 Å². The molecule has 1 heterocycles. The van der Waals surface area contributed by atoms with Gasteiger partial charge in [0.25, 0.3) is 5.56 Å². The second-order valence-electron chi connectivity index (χ2n) is 5.16. The number of nitrogens with zero attached hydrogens (tertiary/aromatic N) is 1. The molecule has 6 heteroatoms. The third-order valence-corrected chi connectivity index (χ3v) is 3.86. The molecule has 3 rings (SSSR count). The number of ether oxygens (including phenoxy) is 1. The molecule has 0 saturated heterocycles. The lowest BCUT2D eigenvalue weighted by molar-refractivity contribution is 0.0601. The number of carbonyl (C=O) groups excluding carboxylic acids is 1. The van der Waals surface area contributed by atoms with Crippen molar-refractivity contribution in [2.75, 3.05) is 7.11 Å². The molecule has 5 nitrogen and oxygen atoms in total. The lowest BCUT2D eigenvalue weighted by Gasteiger charge is -2.09. The molecule has 23 heavy (non-hydrogen) atoms. The van der Waals surface area contributed by atoms with Gasteiger partial charge in [0.1, 0.15) is 0 Å². The van der Waals surface area contributed by atoms with Crippen molar-refractivity contribution in [3.05, 3.63) is 68.7 Å². The van der Waals surface area contributed by atoms with Crippen LogP contribution in [0.1, 0.15) is 15.9 Å². The van der Waals surface area contributed by atoms with Gasteiger partial charge in [-0.1, -0.05) is 12.1 Å². The maximum atomic E-state index is 12.8. The van der Waals surface area contributed by atoms with E-state index in [1.54, 1.807) is 12.1 Å². The molecule has 1 N–H and O–H groups in total. The molecule has 0 saturated carbocycles. The standard InChI is InChI=1S/C17H14N2O3S/c1-10-4-3-5-12(8-10)19-15(20)13-9-11(16(21)22-2)6-7-14(13)18-17(19)23/h3-9H,1-2H3,(H,18,23). The number of rotatable bonds is 2. The fraction of sp³-hybridized carbons (Fsp3) is 0.118. The van der Waals surface area contributed by atoms with Crippen molar-refractivity contribution >= 4 is 29.1 Å². The number of fused-ring (bicyclic) bond motifs is 1. The third-order valence-electron chi connectivity index (χ3n) is 3.58. The highest BCUT2D eigenvalue weighted by Crippen LogP contribution is 2.14. The fourth-order valence-corrected chi connectivity index (χ4v) is 2.76. The summed E-state index contributed by atoms with van der Waals surface area (Å²) in [6.07, 6.45) is 0. The van der Waals surface area contributed by atoms with Crippen molar-refractivity contribution in [3.63, 3.8) is 0 Å². The Bertz CT molecular complexity index is 1030. The minimum absolute atomic E-state index is 0.278. The van der Waals surface area contributed by atoms with Gasteiger partial charge in [-0.3, -0.25) is 9.36 Å². The Hall–Kier alpha value is -2.73. The number of aromatic amines is 1. The molecule has 0 fully saturated rings. The number of esters is 1. The van der Waals surface area contributed by atoms with Gasteiger partial charge in [0.05, 0.1) is 29.3 Å². The van der Waals surface area contributed by atoms with Crippen LogP contribution in [-0.4, -0.2) is 22.6 Å². The van der Waals surface area contributed by atoms with E-state index in [2.05, 4.69) is 4.98 Å². The minimum atomic E-state index is -0.490. The van der Waals surface area contributed by atoms with E-state index in [4.69, 9.17) is 17.0 Å². The van der Waals surface area contributed by atoms with Gasteiger partial charge in [0, 0.05) is 0 Å². The summed E-state index contributed by atoms with van der Waals surface area (Å²) >= 11 is 5.32. The van der Waals surface area contributed by atoms with E-state index in [9.17, 15) is 9.59 Å². The van der Waals surface area contributed by atoms with Gasteiger partial charge in [-0.15, -0.1) is 0 Å². The van der Waals surface area contributed by atoms with Crippen LogP contribution in [-0.2, 0) is 4.74 Å². The Labute approximate surface area is 137 Å². The molecule has 0 aliphatic carbocycles. The van der Waals surface area contributed by atoms with Crippen LogP contribution >= 0.6 is 12.2 Å². The van der Waals surface area contributed by atoms with Crippen molar-refractivity contribution in [1.82, 2.24) is 9.55 Å². The fourth-order valence-electron chi connectivity index (χ4n) is 2.46. The number of aryl methyl sites for hydroxylation is 1. The van der Waals surface area contributed by atoms with Crippen LogP contribution < -0.4 is 5.56 Å². The SMILES string of the molecule is COC(=O)c1ccc2[nH]c(=S)n(-c3cccc(C)c3)c(=O)c2c1. The first-order valence-corrected chi connectivity index (χ1v) is 7.36. The highest BCUT2D eigenvalue weighted by Gasteiger charge is 2.11.